The number of hydrogen-bond donors (Lipinski definition) is 1. The predicted octanol–water partition coefficient (Wildman–Crippen LogP) is 2.55. The van der Waals surface area contributed by atoms with E-state index in [0.29, 0.717) is 5.57 Å². The quantitative estimate of drug-likeness (QED) is 0.664. The van der Waals surface area contributed by atoms with Gasteiger partial charge in [-0.15, -0.1) is 0 Å². The van der Waals surface area contributed by atoms with Crippen LogP contribution in [0.5, 0.6) is 0 Å². The first-order valence-electron chi connectivity index (χ1n) is 3.26. The van der Waals surface area contributed by atoms with Crippen molar-refractivity contribution in [2.75, 3.05) is 0 Å². The van der Waals surface area contributed by atoms with Gasteiger partial charge in [0.1, 0.15) is 0 Å². The molecule has 0 bridgehead atoms. The van der Waals surface area contributed by atoms with Crippen LogP contribution in [-0.2, 0) is 4.79 Å². The first-order chi connectivity index (χ1) is 5.13. The highest BCUT2D eigenvalue weighted by molar-refractivity contribution is 6.25. The van der Waals surface area contributed by atoms with Crippen LogP contribution in [-0.4, -0.2) is 11.1 Å². The van der Waals surface area contributed by atoms with Gasteiger partial charge in [-0.1, -0.05) is 23.8 Å². The Labute approximate surface area is 71.2 Å². The molecular weight excluding hydrogens is 164 g/mol. The van der Waals surface area contributed by atoms with Crippen molar-refractivity contribution in [3.63, 3.8) is 0 Å². The maximum absolute atomic E-state index is 10.1. The van der Waals surface area contributed by atoms with Crippen molar-refractivity contribution >= 4 is 17.6 Å². The molecular formula is C8H11ClO2. The summed E-state index contributed by atoms with van der Waals surface area (Å²) >= 11 is 4.76. The van der Waals surface area contributed by atoms with Gasteiger partial charge >= 0.3 is 5.97 Å². The van der Waals surface area contributed by atoms with Crippen LogP contribution in [0.4, 0.5) is 0 Å². The fraction of sp³-hybridized carbons (Fsp3) is 0.375. The Balaban J connectivity index is 0.000000292. The van der Waals surface area contributed by atoms with Crippen molar-refractivity contribution in [2.45, 2.75) is 19.8 Å². The lowest BCUT2D eigenvalue weighted by atomic mass is 9.90. The lowest BCUT2D eigenvalue weighted by molar-refractivity contribution is -0.133. The molecule has 0 atom stereocenters. The van der Waals surface area contributed by atoms with E-state index in [0.717, 1.165) is 18.4 Å². The summed E-state index contributed by atoms with van der Waals surface area (Å²) in [7, 11) is 0. The summed E-state index contributed by atoms with van der Waals surface area (Å²) in [5.74, 6) is -0.742. The number of carbonyl (C=O) groups is 1. The molecule has 1 rings (SSSR count). The minimum absolute atomic E-state index is 0.616. The van der Waals surface area contributed by atoms with Gasteiger partial charge in [0.15, 0.2) is 0 Å². The van der Waals surface area contributed by atoms with Crippen molar-refractivity contribution < 1.29 is 9.90 Å². The molecule has 0 aromatic carbocycles. The van der Waals surface area contributed by atoms with Gasteiger partial charge in [0.05, 0.1) is 0 Å². The molecule has 0 aliphatic heterocycles. The Morgan fingerprint density at radius 3 is 2.18 bits per heavy atom. The van der Waals surface area contributed by atoms with Crippen molar-refractivity contribution in [2.24, 2.45) is 0 Å². The van der Waals surface area contributed by atoms with Crippen LogP contribution in [0.3, 0.4) is 0 Å². The molecule has 0 unspecified atom stereocenters. The Morgan fingerprint density at radius 1 is 1.73 bits per heavy atom. The van der Waals surface area contributed by atoms with Gasteiger partial charge in [-0.3, -0.25) is 0 Å². The van der Waals surface area contributed by atoms with E-state index in [2.05, 4.69) is 6.58 Å². The van der Waals surface area contributed by atoms with Crippen LogP contribution in [0, 0.1) is 0 Å². The normalized spacial score (nSPS) is 14.4. The Hall–Kier alpha value is -0.760. The first-order valence-corrected chi connectivity index (χ1v) is 3.70. The Morgan fingerprint density at radius 2 is 2.18 bits per heavy atom. The largest absolute Gasteiger partial charge is 0.478 e. The van der Waals surface area contributed by atoms with Gasteiger partial charge in [-0.25, -0.2) is 4.79 Å². The molecule has 62 valence electrons. The van der Waals surface area contributed by atoms with E-state index in [1.54, 1.807) is 0 Å². The number of allylic oxidation sites excluding steroid dienone is 1. The van der Waals surface area contributed by atoms with E-state index in [1.807, 2.05) is 6.92 Å². The van der Waals surface area contributed by atoms with Gasteiger partial charge in [0.2, 0.25) is 0 Å². The molecule has 1 N–H and O–H groups in total. The number of halogens is 1. The number of aliphatic carboxylic acids is 1. The molecule has 0 aromatic heterocycles. The zero-order chi connectivity index (χ0) is 8.85. The molecule has 2 nitrogen and oxygen atoms in total. The van der Waals surface area contributed by atoms with Crippen LogP contribution in [0.1, 0.15) is 19.8 Å². The van der Waals surface area contributed by atoms with Gasteiger partial charge < -0.3 is 5.11 Å². The van der Waals surface area contributed by atoms with E-state index in [1.165, 1.54) is 5.54 Å². The second-order valence-electron chi connectivity index (χ2n) is 2.22. The molecule has 0 amide bonds. The van der Waals surface area contributed by atoms with E-state index >= 15 is 0 Å². The minimum atomic E-state index is -0.742. The third-order valence-corrected chi connectivity index (χ3v) is 1.52. The lowest BCUT2D eigenvalue weighted by Crippen LogP contribution is -2.10. The van der Waals surface area contributed by atoms with Crippen molar-refractivity contribution in [1.29, 1.82) is 0 Å². The SMILES string of the molecule is C=CCl.CC1=C(C(=O)O)CC1. The topological polar surface area (TPSA) is 37.3 Å². The van der Waals surface area contributed by atoms with E-state index in [4.69, 9.17) is 16.7 Å². The highest BCUT2D eigenvalue weighted by atomic mass is 35.5. The third kappa shape index (κ3) is 3.23. The standard InChI is InChI=1S/C6H8O2.C2H3Cl/c1-4-2-3-5(4)6(7)8;1-2-3/h2-3H2,1H3,(H,7,8);2H,1H2. The van der Waals surface area contributed by atoms with Crippen LogP contribution in [0.15, 0.2) is 23.3 Å². The summed E-state index contributed by atoms with van der Waals surface area (Å²) in [4.78, 5) is 10.1. The fourth-order valence-electron chi connectivity index (χ4n) is 0.789. The molecule has 0 heterocycles. The lowest BCUT2D eigenvalue weighted by Gasteiger charge is -2.15. The molecule has 3 heteroatoms. The summed E-state index contributed by atoms with van der Waals surface area (Å²) in [5.41, 5.74) is 2.88. The molecule has 0 radical (unpaired) electrons. The molecule has 11 heavy (non-hydrogen) atoms. The fourth-order valence-corrected chi connectivity index (χ4v) is 0.789. The summed E-state index contributed by atoms with van der Waals surface area (Å²) in [6.07, 6.45) is 1.74. The smallest absolute Gasteiger partial charge is 0.331 e. The predicted molar refractivity (Wildman–Crippen MR) is 45.6 cm³/mol. The second kappa shape index (κ2) is 4.97. The average molecular weight is 175 g/mol. The summed E-state index contributed by atoms with van der Waals surface area (Å²) in [6, 6.07) is 0. The molecule has 0 saturated heterocycles. The average Bonchev–Trinajstić information content (AvgIpc) is 1.85. The van der Waals surface area contributed by atoms with E-state index < -0.39 is 5.97 Å². The van der Waals surface area contributed by atoms with Gasteiger partial charge in [0, 0.05) is 5.57 Å². The van der Waals surface area contributed by atoms with Gasteiger partial charge in [0.25, 0.3) is 0 Å². The maximum Gasteiger partial charge on any atom is 0.331 e. The highest BCUT2D eigenvalue weighted by Crippen LogP contribution is 2.26. The Bertz CT molecular complexity index is 194. The van der Waals surface area contributed by atoms with Crippen LogP contribution >= 0.6 is 11.6 Å². The monoisotopic (exact) mass is 174 g/mol. The van der Waals surface area contributed by atoms with Gasteiger partial charge in [-0.05, 0) is 25.3 Å². The summed E-state index contributed by atoms with van der Waals surface area (Å²) < 4.78 is 0. The van der Waals surface area contributed by atoms with E-state index in [-0.39, 0.29) is 0 Å². The first kappa shape index (κ1) is 10.2. The molecule has 0 fully saturated rings. The van der Waals surface area contributed by atoms with Crippen LogP contribution in [0.25, 0.3) is 0 Å². The van der Waals surface area contributed by atoms with E-state index in [9.17, 15) is 4.79 Å². The number of carboxylic acids is 1. The zero-order valence-corrected chi connectivity index (χ0v) is 7.19. The second-order valence-corrected chi connectivity index (χ2v) is 2.53. The van der Waals surface area contributed by atoms with Crippen molar-refractivity contribution in [3.8, 4) is 0 Å². The Kier molecular flexibility index (Phi) is 4.62. The highest BCUT2D eigenvalue weighted by Gasteiger charge is 2.18. The summed E-state index contributed by atoms with van der Waals surface area (Å²) in [5, 5.41) is 8.35. The van der Waals surface area contributed by atoms with Crippen molar-refractivity contribution in [3.05, 3.63) is 23.3 Å². The molecule has 0 spiro atoms. The van der Waals surface area contributed by atoms with Crippen LogP contribution in [0.2, 0.25) is 0 Å². The van der Waals surface area contributed by atoms with Gasteiger partial charge in [-0.2, -0.15) is 0 Å². The third-order valence-electron chi connectivity index (χ3n) is 1.52. The number of carboxylic acid groups (broad SMARTS) is 1. The van der Waals surface area contributed by atoms with Crippen LogP contribution < -0.4 is 0 Å². The minimum Gasteiger partial charge on any atom is -0.478 e. The number of rotatable bonds is 1. The molecule has 1 aliphatic carbocycles. The maximum atomic E-state index is 10.1. The number of hydrogen-bond acceptors (Lipinski definition) is 1. The molecule has 1 aliphatic rings. The zero-order valence-electron chi connectivity index (χ0n) is 6.43. The molecule has 0 saturated carbocycles. The van der Waals surface area contributed by atoms with Crippen molar-refractivity contribution in [1.82, 2.24) is 0 Å². The molecule has 0 aromatic rings. The summed E-state index contributed by atoms with van der Waals surface area (Å²) in [6.45, 7) is 4.99.